The molecule has 1 aliphatic rings. The lowest BCUT2D eigenvalue weighted by Crippen LogP contribution is -2.15. The van der Waals surface area contributed by atoms with Gasteiger partial charge < -0.3 is 4.42 Å². The molecule has 0 saturated heterocycles. The molecule has 1 fully saturated rings. The maximum atomic E-state index is 12.1. The van der Waals surface area contributed by atoms with Crippen molar-refractivity contribution in [2.75, 3.05) is 0 Å². The van der Waals surface area contributed by atoms with Gasteiger partial charge in [0.2, 0.25) is 5.16 Å². The summed E-state index contributed by atoms with van der Waals surface area (Å²) < 4.78 is 7.42. The number of thioether (sulfide) groups is 1. The lowest BCUT2D eigenvalue weighted by atomic mass is 9.96. The highest BCUT2D eigenvalue weighted by Crippen LogP contribution is 2.33. The minimum atomic E-state index is -0.328. The molecular weight excluding hydrogens is 372 g/mol. The van der Waals surface area contributed by atoms with Gasteiger partial charge in [-0.1, -0.05) is 61.4 Å². The molecule has 4 aromatic rings. The zero-order valence-corrected chi connectivity index (χ0v) is 16.2. The molecule has 0 radical (unpaired) electrons. The predicted octanol–water partition coefficient (Wildman–Crippen LogP) is 4.73. The molecule has 0 spiro atoms. The summed E-state index contributed by atoms with van der Waals surface area (Å²) in [4.78, 5) is 12.1. The van der Waals surface area contributed by atoms with Gasteiger partial charge in [0.15, 0.2) is 0 Å². The molecular formula is C21H20N4O2S. The summed E-state index contributed by atoms with van der Waals surface area (Å²) in [5.74, 6) is 0.614. The second-order valence-electron chi connectivity index (χ2n) is 7.24. The summed E-state index contributed by atoms with van der Waals surface area (Å²) in [6.07, 6.45) is 6.00. The second kappa shape index (κ2) is 7.39. The van der Waals surface area contributed by atoms with Crippen LogP contribution in [0.4, 0.5) is 0 Å². The van der Waals surface area contributed by atoms with Gasteiger partial charge in [-0.05, 0) is 45.7 Å². The molecule has 1 aliphatic carbocycles. The largest absolute Gasteiger partial charge is 0.423 e. The number of fused-ring (bicyclic) bond motifs is 3. The topological polar surface area (TPSA) is 73.8 Å². The van der Waals surface area contributed by atoms with E-state index in [2.05, 4.69) is 27.7 Å². The van der Waals surface area contributed by atoms with Gasteiger partial charge in [0, 0.05) is 17.2 Å². The summed E-state index contributed by atoms with van der Waals surface area (Å²) in [6.45, 7) is 0. The van der Waals surface area contributed by atoms with Crippen LogP contribution < -0.4 is 5.63 Å². The Bertz CT molecular complexity index is 1190. The molecule has 7 heteroatoms. The zero-order valence-electron chi connectivity index (χ0n) is 15.4. The van der Waals surface area contributed by atoms with Crippen LogP contribution in [0.25, 0.3) is 21.7 Å². The average molecular weight is 392 g/mol. The Hall–Kier alpha value is -2.67. The Kier molecular flexibility index (Phi) is 4.60. The van der Waals surface area contributed by atoms with Crippen molar-refractivity contribution in [1.29, 1.82) is 0 Å². The Labute approximate surface area is 165 Å². The molecule has 2 heterocycles. The minimum Gasteiger partial charge on any atom is -0.423 e. The third kappa shape index (κ3) is 3.20. The number of hydrogen-bond acceptors (Lipinski definition) is 6. The summed E-state index contributed by atoms with van der Waals surface area (Å²) in [7, 11) is 0. The van der Waals surface area contributed by atoms with E-state index >= 15 is 0 Å². The van der Waals surface area contributed by atoms with Crippen molar-refractivity contribution in [2.24, 2.45) is 0 Å². The molecule has 2 aromatic carbocycles. The summed E-state index contributed by atoms with van der Waals surface area (Å²) in [6, 6.07) is 14.0. The first-order valence-electron chi connectivity index (χ1n) is 9.65. The molecule has 2 aromatic heterocycles. The number of rotatable bonds is 4. The van der Waals surface area contributed by atoms with Crippen molar-refractivity contribution in [3.05, 3.63) is 58.4 Å². The summed E-state index contributed by atoms with van der Waals surface area (Å²) >= 11 is 1.58. The van der Waals surface area contributed by atoms with Crippen molar-refractivity contribution in [1.82, 2.24) is 20.2 Å². The van der Waals surface area contributed by atoms with Gasteiger partial charge in [-0.2, -0.15) is 0 Å². The normalized spacial score (nSPS) is 15.4. The van der Waals surface area contributed by atoms with E-state index in [0.29, 0.717) is 17.4 Å². The number of nitrogens with zero attached hydrogens (tertiary/aromatic N) is 4. The molecule has 0 atom stereocenters. The first kappa shape index (κ1) is 17.4. The van der Waals surface area contributed by atoms with Crippen LogP contribution >= 0.6 is 11.8 Å². The van der Waals surface area contributed by atoms with Gasteiger partial charge in [-0.3, -0.25) is 0 Å². The fourth-order valence-corrected chi connectivity index (χ4v) is 5.04. The van der Waals surface area contributed by atoms with Crippen LogP contribution in [0.15, 0.2) is 56.8 Å². The van der Waals surface area contributed by atoms with Crippen LogP contribution in [-0.4, -0.2) is 20.2 Å². The van der Waals surface area contributed by atoms with Crippen molar-refractivity contribution in [3.63, 3.8) is 0 Å². The van der Waals surface area contributed by atoms with Gasteiger partial charge in [0.1, 0.15) is 5.58 Å². The zero-order chi connectivity index (χ0) is 18.9. The summed E-state index contributed by atoms with van der Waals surface area (Å²) in [5, 5.41) is 16.4. The van der Waals surface area contributed by atoms with Gasteiger partial charge in [-0.25, -0.2) is 9.48 Å². The van der Waals surface area contributed by atoms with Crippen molar-refractivity contribution >= 4 is 33.5 Å². The molecule has 1 saturated carbocycles. The van der Waals surface area contributed by atoms with Crippen LogP contribution in [0.5, 0.6) is 0 Å². The Morgan fingerprint density at radius 1 is 1.11 bits per heavy atom. The fourth-order valence-electron chi connectivity index (χ4n) is 4.11. The highest BCUT2D eigenvalue weighted by atomic mass is 32.2. The lowest BCUT2D eigenvalue weighted by Gasteiger charge is -2.22. The maximum Gasteiger partial charge on any atom is 0.336 e. The van der Waals surface area contributed by atoms with E-state index in [1.807, 2.05) is 28.9 Å². The van der Waals surface area contributed by atoms with Crippen molar-refractivity contribution < 1.29 is 4.42 Å². The van der Waals surface area contributed by atoms with Crippen LogP contribution in [0.1, 0.15) is 43.7 Å². The van der Waals surface area contributed by atoms with Crippen molar-refractivity contribution in [2.45, 2.75) is 49.1 Å². The first-order chi connectivity index (χ1) is 13.8. The van der Waals surface area contributed by atoms with Crippen molar-refractivity contribution in [3.8, 4) is 0 Å². The van der Waals surface area contributed by atoms with Gasteiger partial charge in [0.05, 0.1) is 6.04 Å². The maximum absolute atomic E-state index is 12.1. The lowest BCUT2D eigenvalue weighted by molar-refractivity contribution is 0.307. The third-order valence-electron chi connectivity index (χ3n) is 5.45. The second-order valence-corrected chi connectivity index (χ2v) is 8.18. The fraction of sp³-hybridized carbons (Fsp3) is 0.333. The smallest absolute Gasteiger partial charge is 0.336 e. The molecule has 0 bridgehead atoms. The van der Waals surface area contributed by atoms with E-state index in [1.165, 1.54) is 19.3 Å². The Morgan fingerprint density at radius 3 is 2.86 bits per heavy atom. The molecule has 0 amide bonds. The number of benzene rings is 2. The highest BCUT2D eigenvalue weighted by molar-refractivity contribution is 7.98. The van der Waals surface area contributed by atoms with E-state index in [9.17, 15) is 4.79 Å². The average Bonchev–Trinajstić information content (AvgIpc) is 3.21. The van der Waals surface area contributed by atoms with Crippen LogP contribution in [0, 0.1) is 0 Å². The van der Waals surface area contributed by atoms with Gasteiger partial charge in [0.25, 0.3) is 0 Å². The SMILES string of the molecule is O=c1cc(CSc2nnnn2C2CCCCC2)c2c(ccc3ccccc32)o1. The molecule has 142 valence electrons. The van der Waals surface area contributed by atoms with Crippen LogP contribution in [0.2, 0.25) is 0 Å². The predicted molar refractivity (Wildman–Crippen MR) is 109 cm³/mol. The molecule has 0 aliphatic heterocycles. The van der Waals surface area contributed by atoms with Gasteiger partial charge in [-0.15, -0.1) is 5.10 Å². The van der Waals surface area contributed by atoms with E-state index in [4.69, 9.17) is 4.42 Å². The van der Waals surface area contributed by atoms with Crippen LogP contribution in [-0.2, 0) is 5.75 Å². The highest BCUT2D eigenvalue weighted by Gasteiger charge is 2.20. The minimum absolute atomic E-state index is 0.328. The first-order valence-corrected chi connectivity index (χ1v) is 10.6. The van der Waals surface area contributed by atoms with Gasteiger partial charge >= 0.3 is 5.63 Å². The molecule has 0 N–H and O–H groups in total. The third-order valence-corrected chi connectivity index (χ3v) is 6.44. The molecule has 28 heavy (non-hydrogen) atoms. The molecule has 5 rings (SSSR count). The Morgan fingerprint density at radius 2 is 1.96 bits per heavy atom. The number of tetrazole rings is 1. The molecule has 0 unspecified atom stereocenters. The van der Waals surface area contributed by atoms with E-state index < -0.39 is 0 Å². The number of hydrogen-bond donors (Lipinski definition) is 0. The standard InChI is InChI=1S/C21H20N4O2S/c26-19-12-15(20-17-9-5-4-6-14(17)10-11-18(20)27-19)13-28-21-22-23-24-25(21)16-7-2-1-3-8-16/h4-6,9-12,16H,1-3,7-8,13H2. The van der Waals surface area contributed by atoms with E-state index in [0.717, 1.165) is 39.7 Å². The molecule has 6 nitrogen and oxygen atoms in total. The quantitative estimate of drug-likeness (QED) is 0.284. The number of aromatic nitrogens is 4. The Balaban J connectivity index is 1.52. The summed E-state index contributed by atoms with van der Waals surface area (Å²) in [5.41, 5.74) is 1.24. The monoisotopic (exact) mass is 392 g/mol. The van der Waals surface area contributed by atoms with Crippen LogP contribution in [0.3, 0.4) is 0 Å². The van der Waals surface area contributed by atoms with E-state index in [-0.39, 0.29) is 5.63 Å². The van der Waals surface area contributed by atoms with E-state index in [1.54, 1.807) is 17.8 Å².